The Morgan fingerprint density at radius 3 is 0.898 bits per heavy atom. The Hall–Kier alpha value is -6.47. The molecule has 0 aromatic heterocycles. The van der Waals surface area contributed by atoms with Gasteiger partial charge in [0.15, 0.2) is 0 Å². The zero-order valence-electron chi connectivity index (χ0n) is 33.7. The van der Waals surface area contributed by atoms with E-state index in [0.717, 1.165) is 129 Å². The summed E-state index contributed by atoms with van der Waals surface area (Å²) < 4.78 is 41.6. The maximum absolute atomic E-state index is 7.17. The molecular weight excluding hydrogens is 729 g/mol. The molecule has 0 unspecified atom stereocenters. The molecule has 0 fully saturated rings. The monoisotopic (exact) mass is 766 g/mol. The first-order valence-corrected chi connectivity index (χ1v) is 20.6. The zero-order chi connectivity index (χ0) is 39.7. The zero-order valence-corrected chi connectivity index (χ0v) is 33.7. The summed E-state index contributed by atoms with van der Waals surface area (Å²) in [7, 11) is 0. The van der Waals surface area contributed by atoms with Gasteiger partial charge >= 0.3 is 0 Å². The Bertz CT molecular complexity index is 2870. The third kappa shape index (κ3) is 4.40. The van der Waals surface area contributed by atoms with Crippen LogP contribution in [0.3, 0.4) is 0 Å². The molecule has 0 radical (unpaired) electrons. The average molecular weight is 766 g/mol. The molecule has 0 N–H and O–H groups in total. The molecule has 282 valence electrons. The molecule has 6 aliphatic rings. The fraction of sp³-hybridized carbons (Fsp3) is 0.160. The van der Waals surface area contributed by atoms with Crippen LogP contribution in [0.1, 0.15) is 52.7 Å². The summed E-state index contributed by atoms with van der Waals surface area (Å²) in [6, 6.07) is 40.0. The van der Waals surface area contributed by atoms with Crippen molar-refractivity contribution >= 4 is 69.3 Å². The van der Waals surface area contributed by atoms with Gasteiger partial charge in [-0.05, 0) is 92.1 Å². The second-order valence-corrected chi connectivity index (χ2v) is 18.7. The molecule has 0 atom stereocenters. The summed E-state index contributed by atoms with van der Waals surface area (Å²) in [5.74, 6) is 9.98. The third-order valence-corrected chi connectivity index (χ3v) is 13.0. The second kappa shape index (κ2) is 11.2. The van der Waals surface area contributed by atoms with Gasteiger partial charge in [-0.15, -0.1) is 0 Å². The van der Waals surface area contributed by atoms with Crippen molar-refractivity contribution in [1.82, 2.24) is 0 Å². The van der Waals surface area contributed by atoms with Gasteiger partial charge in [0.05, 0.1) is 0 Å². The van der Waals surface area contributed by atoms with Gasteiger partial charge in [-0.2, -0.15) is 0 Å². The highest BCUT2D eigenvalue weighted by molar-refractivity contribution is 7.02. The maximum atomic E-state index is 7.17. The van der Waals surface area contributed by atoms with Gasteiger partial charge in [0.1, 0.15) is 69.0 Å². The molecule has 7 aromatic carbocycles. The summed E-state index contributed by atoms with van der Waals surface area (Å²) in [6.07, 6.45) is 0. The van der Waals surface area contributed by atoms with Crippen molar-refractivity contribution in [2.24, 2.45) is 0 Å². The molecular formula is C50H37B3O6. The van der Waals surface area contributed by atoms with Gasteiger partial charge in [0.2, 0.25) is 0 Å². The molecule has 0 bridgehead atoms. The van der Waals surface area contributed by atoms with E-state index >= 15 is 0 Å². The van der Waals surface area contributed by atoms with Crippen LogP contribution in [0.25, 0.3) is 0 Å². The van der Waals surface area contributed by atoms with Crippen molar-refractivity contribution in [3.63, 3.8) is 0 Å². The van der Waals surface area contributed by atoms with E-state index in [1.54, 1.807) is 0 Å². The van der Waals surface area contributed by atoms with E-state index in [2.05, 4.69) is 126 Å². The molecule has 59 heavy (non-hydrogen) atoms. The van der Waals surface area contributed by atoms with E-state index < -0.39 is 0 Å². The van der Waals surface area contributed by atoms with Gasteiger partial charge in [0.25, 0.3) is 20.1 Å². The molecule has 6 heterocycles. The van der Waals surface area contributed by atoms with Crippen molar-refractivity contribution in [3.8, 4) is 69.0 Å². The highest BCUT2D eigenvalue weighted by Crippen LogP contribution is 2.49. The van der Waals surface area contributed by atoms with Crippen molar-refractivity contribution in [1.29, 1.82) is 0 Å². The number of ether oxygens (including phenoxy) is 6. The highest BCUT2D eigenvalue weighted by Gasteiger charge is 2.51. The van der Waals surface area contributed by atoms with Crippen LogP contribution < -0.4 is 77.6 Å². The minimum atomic E-state index is -0.357. The fourth-order valence-corrected chi connectivity index (χ4v) is 10.7. The molecule has 0 spiro atoms. The molecule has 0 aliphatic carbocycles. The largest absolute Gasteiger partial charge is 0.458 e. The molecule has 0 amide bonds. The third-order valence-electron chi connectivity index (χ3n) is 13.0. The summed E-state index contributed by atoms with van der Waals surface area (Å²) >= 11 is 0. The lowest BCUT2D eigenvalue weighted by atomic mass is 9.30. The highest BCUT2D eigenvalue weighted by atomic mass is 16.5. The van der Waals surface area contributed by atoms with E-state index in [9.17, 15) is 0 Å². The Labute approximate surface area is 344 Å². The number of rotatable bonds is 0. The van der Waals surface area contributed by atoms with E-state index in [1.807, 2.05) is 30.3 Å². The number of hydrogen-bond donors (Lipinski definition) is 0. The normalized spacial score (nSPS) is 15.0. The molecule has 6 aliphatic heterocycles. The first-order valence-electron chi connectivity index (χ1n) is 20.6. The van der Waals surface area contributed by atoms with Crippen LogP contribution in [0.5, 0.6) is 69.0 Å². The van der Waals surface area contributed by atoms with Crippen LogP contribution in [-0.4, -0.2) is 20.1 Å². The Morgan fingerprint density at radius 2 is 0.576 bits per heavy atom. The SMILES string of the molecule is CC(C)(C)c1c2c(cc3c1Oc1cccc4c1B3c1cc3c(c(C(C)(C)C)c1O4)Oc1cccc4c1B3c1ccccc1O4)B1c3ccccc3Oc3cccc(c31)O2. The van der Waals surface area contributed by atoms with Crippen molar-refractivity contribution in [3.05, 3.63) is 126 Å². The average Bonchev–Trinajstić information content (AvgIpc) is 3.21. The van der Waals surface area contributed by atoms with Crippen molar-refractivity contribution < 1.29 is 28.4 Å². The molecule has 0 saturated heterocycles. The summed E-state index contributed by atoms with van der Waals surface area (Å²) in [5.41, 5.74) is 11.2. The van der Waals surface area contributed by atoms with E-state index in [4.69, 9.17) is 28.4 Å². The second-order valence-electron chi connectivity index (χ2n) is 18.7. The molecule has 0 saturated carbocycles. The predicted octanol–water partition coefficient (Wildman–Crippen LogP) is 6.46. The summed E-state index contributed by atoms with van der Waals surface area (Å²) in [6.45, 7) is 13.1. The number of hydrogen-bond acceptors (Lipinski definition) is 6. The standard InChI is InChI=1S/C50H37B3O6/c1-49(2,3)40-45-28(51-26-14-7-9-16-32(26)54-34-18-11-20-36(56-45)42(34)51)24-30-47(40)58-38-22-13-23-39-44(38)53(30)31-25-29-46(41(48(31)59-39)50(4,5)6)57-37-21-12-19-35-43(37)52(29)27-15-8-10-17-33(27)55-35/h7-25H,1-6H3. The maximum Gasteiger partial charge on any atom is 0.260 e. The fourth-order valence-electron chi connectivity index (χ4n) is 10.7. The lowest BCUT2D eigenvalue weighted by Gasteiger charge is -2.42. The summed E-state index contributed by atoms with van der Waals surface area (Å²) in [5, 5.41) is 0. The van der Waals surface area contributed by atoms with Gasteiger partial charge in [-0.25, -0.2) is 0 Å². The number of fused-ring (bicyclic) bond motifs is 12. The quantitative estimate of drug-likeness (QED) is 0.165. The minimum Gasteiger partial charge on any atom is -0.458 e. The van der Waals surface area contributed by atoms with Crippen LogP contribution in [0.15, 0.2) is 115 Å². The smallest absolute Gasteiger partial charge is 0.260 e. The Morgan fingerprint density at radius 1 is 0.305 bits per heavy atom. The van der Waals surface area contributed by atoms with Gasteiger partial charge in [0, 0.05) is 27.5 Å². The molecule has 6 nitrogen and oxygen atoms in total. The minimum absolute atomic E-state index is 0.104. The van der Waals surface area contributed by atoms with Gasteiger partial charge in [-0.3, -0.25) is 0 Å². The molecule has 7 aromatic rings. The Kier molecular flexibility index (Phi) is 6.34. The summed E-state index contributed by atoms with van der Waals surface area (Å²) in [4.78, 5) is 0. The van der Waals surface area contributed by atoms with Crippen LogP contribution >= 0.6 is 0 Å². The van der Waals surface area contributed by atoms with Crippen molar-refractivity contribution in [2.75, 3.05) is 0 Å². The van der Waals surface area contributed by atoms with Crippen LogP contribution in [0.2, 0.25) is 0 Å². The number of para-hydroxylation sites is 2. The molecule has 13 rings (SSSR count). The lowest BCUT2D eigenvalue weighted by Crippen LogP contribution is -2.64. The van der Waals surface area contributed by atoms with Crippen LogP contribution in [-0.2, 0) is 10.8 Å². The Balaban J connectivity index is 1.13. The first kappa shape index (κ1) is 33.5. The van der Waals surface area contributed by atoms with Crippen LogP contribution in [0.4, 0.5) is 0 Å². The number of benzene rings is 7. The predicted molar refractivity (Wildman–Crippen MR) is 237 cm³/mol. The van der Waals surface area contributed by atoms with Gasteiger partial charge < -0.3 is 28.4 Å². The van der Waals surface area contributed by atoms with E-state index in [-0.39, 0.29) is 31.0 Å². The van der Waals surface area contributed by atoms with E-state index in [1.165, 1.54) is 0 Å². The van der Waals surface area contributed by atoms with Crippen molar-refractivity contribution in [2.45, 2.75) is 52.4 Å². The topological polar surface area (TPSA) is 55.4 Å². The van der Waals surface area contributed by atoms with E-state index in [0.29, 0.717) is 0 Å². The van der Waals surface area contributed by atoms with Gasteiger partial charge in [-0.1, -0.05) is 108 Å². The molecule has 9 heteroatoms. The van der Waals surface area contributed by atoms with Crippen LogP contribution in [0, 0.1) is 0 Å². The first-order chi connectivity index (χ1) is 28.5. The lowest BCUT2D eigenvalue weighted by molar-refractivity contribution is 0.415.